The van der Waals surface area contributed by atoms with E-state index in [0.717, 1.165) is 42.6 Å². The highest BCUT2D eigenvalue weighted by atomic mass is 79.9. The van der Waals surface area contributed by atoms with Gasteiger partial charge in [0.1, 0.15) is 6.61 Å². The van der Waals surface area contributed by atoms with Crippen LogP contribution in [0.25, 0.3) is 0 Å². The molecule has 0 radical (unpaired) electrons. The molecule has 1 atom stereocenters. The van der Waals surface area contributed by atoms with E-state index in [9.17, 15) is 0 Å². The van der Waals surface area contributed by atoms with Gasteiger partial charge in [-0.3, -0.25) is 0 Å². The SMILES string of the molecule is CCCNCc1cc(Br)cnc1OCC1CCCCO1. The smallest absolute Gasteiger partial charge is 0.217 e. The van der Waals surface area contributed by atoms with E-state index in [1.54, 1.807) is 6.20 Å². The number of hydrogen-bond acceptors (Lipinski definition) is 4. The summed E-state index contributed by atoms with van der Waals surface area (Å²) in [7, 11) is 0. The molecular weight excluding hydrogens is 320 g/mol. The van der Waals surface area contributed by atoms with Crippen LogP contribution in [0.4, 0.5) is 0 Å². The standard InChI is InChI=1S/C15H23BrN2O2/c1-2-6-17-9-12-8-13(16)10-18-15(12)20-11-14-5-3-4-7-19-14/h8,10,14,17H,2-7,9,11H2,1H3. The Morgan fingerprint density at radius 2 is 2.40 bits per heavy atom. The minimum absolute atomic E-state index is 0.214. The van der Waals surface area contributed by atoms with Crippen molar-refractivity contribution in [3.63, 3.8) is 0 Å². The minimum atomic E-state index is 0.214. The summed E-state index contributed by atoms with van der Waals surface area (Å²) in [5.41, 5.74) is 1.09. The van der Waals surface area contributed by atoms with Crippen LogP contribution >= 0.6 is 15.9 Å². The molecule has 1 saturated heterocycles. The maximum absolute atomic E-state index is 5.87. The lowest BCUT2D eigenvalue weighted by molar-refractivity contribution is -0.0121. The molecule has 2 rings (SSSR count). The van der Waals surface area contributed by atoms with Gasteiger partial charge in [0.05, 0.1) is 6.10 Å². The lowest BCUT2D eigenvalue weighted by Crippen LogP contribution is -2.26. The Hall–Kier alpha value is -0.650. The van der Waals surface area contributed by atoms with Crippen LogP contribution in [0.15, 0.2) is 16.7 Å². The topological polar surface area (TPSA) is 43.4 Å². The molecular formula is C15H23BrN2O2. The Morgan fingerprint density at radius 1 is 1.50 bits per heavy atom. The van der Waals surface area contributed by atoms with Gasteiger partial charge in [-0.2, -0.15) is 0 Å². The molecule has 4 nitrogen and oxygen atoms in total. The summed E-state index contributed by atoms with van der Waals surface area (Å²) in [6, 6.07) is 2.06. The van der Waals surface area contributed by atoms with Crippen molar-refractivity contribution in [2.24, 2.45) is 0 Å². The van der Waals surface area contributed by atoms with Crippen LogP contribution in [0, 0.1) is 0 Å². The van der Waals surface area contributed by atoms with Crippen LogP contribution < -0.4 is 10.1 Å². The molecule has 2 heterocycles. The van der Waals surface area contributed by atoms with E-state index in [-0.39, 0.29) is 6.10 Å². The van der Waals surface area contributed by atoms with Crippen molar-refractivity contribution in [1.29, 1.82) is 0 Å². The molecule has 1 fully saturated rings. The summed E-state index contributed by atoms with van der Waals surface area (Å²) >= 11 is 3.46. The maximum Gasteiger partial charge on any atom is 0.217 e. The number of halogens is 1. The van der Waals surface area contributed by atoms with Gasteiger partial charge in [-0.05, 0) is 54.2 Å². The van der Waals surface area contributed by atoms with Crippen LogP contribution in [0.5, 0.6) is 5.88 Å². The molecule has 5 heteroatoms. The van der Waals surface area contributed by atoms with Crippen molar-refractivity contribution in [2.75, 3.05) is 19.8 Å². The van der Waals surface area contributed by atoms with E-state index in [0.29, 0.717) is 12.5 Å². The average Bonchev–Trinajstić information content (AvgIpc) is 2.48. The highest BCUT2D eigenvalue weighted by molar-refractivity contribution is 9.10. The molecule has 0 aromatic carbocycles. The van der Waals surface area contributed by atoms with Gasteiger partial charge >= 0.3 is 0 Å². The second-order valence-corrected chi connectivity index (χ2v) is 6.01. The van der Waals surface area contributed by atoms with Gasteiger partial charge in [-0.15, -0.1) is 0 Å². The second kappa shape index (κ2) is 8.60. The Bertz CT molecular complexity index is 409. The lowest BCUT2D eigenvalue weighted by Gasteiger charge is -2.23. The Labute approximate surface area is 129 Å². The third-order valence-electron chi connectivity index (χ3n) is 3.31. The van der Waals surface area contributed by atoms with E-state index in [2.05, 4.69) is 39.2 Å². The molecule has 1 aromatic heterocycles. The third kappa shape index (κ3) is 5.04. The highest BCUT2D eigenvalue weighted by Crippen LogP contribution is 2.21. The molecule has 0 spiro atoms. The zero-order valence-electron chi connectivity index (χ0n) is 12.0. The van der Waals surface area contributed by atoms with Gasteiger partial charge in [-0.25, -0.2) is 4.98 Å². The molecule has 0 bridgehead atoms. The molecule has 1 unspecified atom stereocenters. The van der Waals surface area contributed by atoms with E-state index in [1.807, 2.05) is 0 Å². The van der Waals surface area contributed by atoms with Gasteiger partial charge in [0.25, 0.3) is 0 Å². The van der Waals surface area contributed by atoms with Gasteiger partial charge in [0.2, 0.25) is 5.88 Å². The molecule has 112 valence electrons. The van der Waals surface area contributed by atoms with Crippen molar-refractivity contribution >= 4 is 15.9 Å². The molecule has 1 aromatic rings. The number of ether oxygens (including phenoxy) is 2. The first kappa shape index (κ1) is 15.7. The predicted molar refractivity (Wildman–Crippen MR) is 83.0 cm³/mol. The summed E-state index contributed by atoms with van der Waals surface area (Å²) in [5.74, 6) is 0.714. The Morgan fingerprint density at radius 3 is 3.15 bits per heavy atom. The summed E-state index contributed by atoms with van der Waals surface area (Å²) < 4.78 is 12.5. The number of pyridine rings is 1. The fourth-order valence-electron chi connectivity index (χ4n) is 2.24. The zero-order valence-corrected chi connectivity index (χ0v) is 13.6. The van der Waals surface area contributed by atoms with Gasteiger partial charge in [-0.1, -0.05) is 6.92 Å². The fraction of sp³-hybridized carbons (Fsp3) is 0.667. The first-order valence-electron chi connectivity index (χ1n) is 7.39. The molecule has 1 N–H and O–H groups in total. The van der Waals surface area contributed by atoms with E-state index in [4.69, 9.17) is 9.47 Å². The van der Waals surface area contributed by atoms with Crippen molar-refractivity contribution in [3.05, 3.63) is 22.3 Å². The number of nitrogens with zero attached hydrogens (tertiary/aromatic N) is 1. The van der Waals surface area contributed by atoms with E-state index in [1.165, 1.54) is 12.8 Å². The van der Waals surface area contributed by atoms with Crippen molar-refractivity contribution in [1.82, 2.24) is 10.3 Å². The fourth-order valence-corrected chi connectivity index (χ4v) is 2.61. The van der Waals surface area contributed by atoms with Gasteiger partial charge < -0.3 is 14.8 Å². The highest BCUT2D eigenvalue weighted by Gasteiger charge is 2.16. The Kier molecular flexibility index (Phi) is 6.76. The van der Waals surface area contributed by atoms with E-state index >= 15 is 0 Å². The summed E-state index contributed by atoms with van der Waals surface area (Å²) in [6.07, 6.45) is 6.59. The largest absolute Gasteiger partial charge is 0.475 e. The van der Waals surface area contributed by atoms with Crippen LogP contribution in [0.3, 0.4) is 0 Å². The zero-order chi connectivity index (χ0) is 14.2. The van der Waals surface area contributed by atoms with E-state index < -0.39 is 0 Å². The van der Waals surface area contributed by atoms with Crippen molar-refractivity contribution < 1.29 is 9.47 Å². The van der Waals surface area contributed by atoms with Gasteiger partial charge in [0, 0.05) is 29.4 Å². The summed E-state index contributed by atoms with van der Waals surface area (Å²) in [6.45, 7) is 5.38. The normalized spacial score (nSPS) is 19.0. The Balaban J connectivity index is 1.91. The molecule has 0 amide bonds. The van der Waals surface area contributed by atoms with Crippen LogP contribution in [0.1, 0.15) is 38.2 Å². The monoisotopic (exact) mass is 342 g/mol. The molecule has 20 heavy (non-hydrogen) atoms. The van der Waals surface area contributed by atoms with Gasteiger partial charge in [0.15, 0.2) is 0 Å². The number of rotatable bonds is 7. The number of nitrogens with one attached hydrogen (secondary N) is 1. The quantitative estimate of drug-likeness (QED) is 0.772. The average molecular weight is 343 g/mol. The molecule has 0 saturated carbocycles. The van der Waals surface area contributed by atoms with Crippen LogP contribution in [0.2, 0.25) is 0 Å². The summed E-state index contributed by atoms with van der Waals surface area (Å²) in [5, 5.41) is 3.38. The minimum Gasteiger partial charge on any atom is -0.475 e. The first-order valence-corrected chi connectivity index (χ1v) is 8.18. The van der Waals surface area contributed by atoms with Crippen molar-refractivity contribution in [2.45, 2.75) is 45.3 Å². The predicted octanol–water partition coefficient (Wildman–Crippen LogP) is 3.29. The second-order valence-electron chi connectivity index (χ2n) is 5.09. The lowest BCUT2D eigenvalue weighted by atomic mass is 10.1. The van der Waals surface area contributed by atoms with Crippen molar-refractivity contribution in [3.8, 4) is 5.88 Å². The summed E-state index contributed by atoms with van der Waals surface area (Å²) in [4.78, 5) is 4.38. The molecule has 0 aliphatic carbocycles. The molecule has 1 aliphatic heterocycles. The third-order valence-corrected chi connectivity index (χ3v) is 3.75. The molecule has 1 aliphatic rings. The maximum atomic E-state index is 5.87. The number of aromatic nitrogens is 1. The van der Waals surface area contributed by atoms with Crippen LogP contribution in [-0.2, 0) is 11.3 Å². The number of hydrogen-bond donors (Lipinski definition) is 1. The first-order chi connectivity index (χ1) is 9.79. The van der Waals surface area contributed by atoms with Crippen LogP contribution in [-0.4, -0.2) is 30.8 Å².